The summed E-state index contributed by atoms with van der Waals surface area (Å²) in [5, 5.41) is 2.67. The molecule has 2 aliphatic rings. The number of nitrogens with one attached hydrogen (secondary N) is 1. The number of benzene rings is 2. The molecule has 0 bridgehead atoms. The predicted molar refractivity (Wildman–Crippen MR) is 203 cm³/mol. The van der Waals surface area contributed by atoms with E-state index in [9.17, 15) is 32.4 Å². The minimum Gasteiger partial charge on any atom is -0.471 e. The standard InChI is InChI=1S/C37H41N7O15S/c1-5-25-31(53-20(2)45)32(54-21(3)46)33(55-22(4)47)36(56-25)57-26-8-6-7-9-27(26)59-60(50,51)58-24-12-10-23(11-13-24)18-52-35-30-34(41-37(38)42-35)44(19-40-30)17-29(49)43-15-14-39-28(48)16-43/h6-13,19,25,31-33,36H,5,14-18H2,1-4H3,(H,39,48)(H2,38,41,42)/t25-,31+,32+,33-,36?/m1/s1. The van der Waals surface area contributed by atoms with Crippen LogP contribution in [0.5, 0.6) is 23.1 Å². The smallest absolute Gasteiger partial charge is 0.471 e. The molecule has 2 saturated heterocycles. The van der Waals surface area contributed by atoms with E-state index in [2.05, 4.69) is 20.3 Å². The Labute approximate surface area is 342 Å². The fourth-order valence-electron chi connectivity index (χ4n) is 6.31. The lowest BCUT2D eigenvalue weighted by atomic mass is 9.96. The fraction of sp³-hybridized carbons (Fsp3) is 0.405. The Bertz CT molecular complexity index is 2360. The first kappa shape index (κ1) is 42.8. The summed E-state index contributed by atoms with van der Waals surface area (Å²) in [4.78, 5) is 74.9. The lowest BCUT2D eigenvalue weighted by Crippen LogP contribution is -2.62. The van der Waals surface area contributed by atoms with Gasteiger partial charge in [-0.1, -0.05) is 31.2 Å². The summed E-state index contributed by atoms with van der Waals surface area (Å²) in [6, 6.07) is 11.4. The Morgan fingerprint density at radius 2 is 1.57 bits per heavy atom. The van der Waals surface area contributed by atoms with Crippen molar-refractivity contribution < 1.29 is 69.2 Å². The number of para-hydroxylation sites is 2. The second-order valence-electron chi connectivity index (χ2n) is 13.3. The lowest BCUT2D eigenvalue weighted by Gasteiger charge is -2.44. The first-order valence-electron chi connectivity index (χ1n) is 18.4. The van der Waals surface area contributed by atoms with Gasteiger partial charge in [0.1, 0.15) is 25.0 Å². The summed E-state index contributed by atoms with van der Waals surface area (Å²) in [6.07, 6.45) is -4.77. The maximum Gasteiger partial charge on any atom is 0.501 e. The molecule has 4 heterocycles. The third-order valence-electron chi connectivity index (χ3n) is 8.83. The predicted octanol–water partition coefficient (Wildman–Crippen LogP) is 0.957. The van der Waals surface area contributed by atoms with Gasteiger partial charge >= 0.3 is 28.3 Å². The topological polar surface area (TPSA) is 278 Å². The summed E-state index contributed by atoms with van der Waals surface area (Å²) in [6.45, 7) is 5.55. The lowest BCUT2D eigenvalue weighted by molar-refractivity contribution is -0.284. The van der Waals surface area contributed by atoms with Crippen LogP contribution in [0, 0.1) is 0 Å². The number of anilines is 1. The van der Waals surface area contributed by atoms with Crippen LogP contribution in [0.4, 0.5) is 5.95 Å². The number of hydrogen-bond donors (Lipinski definition) is 2. The summed E-state index contributed by atoms with van der Waals surface area (Å²) in [7, 11) is -4.81. The number of carbonyl (C=O) groups excluding carboxylic acids is 5. The van der Waals surface area contributed by atoms with Gasteiger partial charge in [0.05, 0.1) is 12.9 Å². The van der Waals surface area contributed by atoms with Crippen molar-refractivity contribution in [2.24, 2.45) is 0 Å². The number of hydrogen-bond acceptors (Lipinski definition) is 19. The highest BCUT2D eigenvalue weighted by Crippen LogP contribution is 2.36. The molecule has 2 amide bonds. The summed E-state index contributed by atoms with van der Waals surface area (Å²) >= 11 is 0. The molecule has 0 saturated carbocycles. The van der Waals surface area contributed by atoms with Gasteiger partial charge in [-0.2, -0.15) is 9.97 Å². The van der Waals surface area contributed by atoms with Crippen LogP contribution in [0.1, 0.15) is 39.7 Å². The molecule has 2 aromatic carbocycles. The maximum absolute atomic E-state index is 13.2. The van der Waals surface area contributed by atoms with Gasteiger partial charge in [-0.25, -0.2) is 4.98 Å². The van der Waals surface area contributed by atoms with Crippen LogP contribution in [-0.4, -0.2) is 113 Å². The molecule has 0 radical (unpaired) electrons. The molecule has 2 aliphatic heterocycles. The van der Waals surface area contributed by atoms with Crippen LogP contribution >= 0.6 is 0 Å². The maximum atomic E-state index is 13.2. The molecule has 1 unspecified atom stereocenters. The van der Waals surface area contributed by atoms with Crippen molar-refractivity contribution >= 4 is 57.2 Å². The number of nitrogens with zero attached hydrogens (tertiary/aromatic N) is 5. The largest absolute Gasteiger partial charge is 0.501 e. The molecular formula is C37H41N7O15S. The van der Waals surface area contributed by atoms with Crippen molar-refractivity contribution in [2.45, 2.75) is 78.0 Å². The molecule has 5 atom stereocenters. The van der Waals surface area contributed by atoms with E-state index >= 15 is 0 Å². The second kappa shape index (κ2) is 18.4. The third-order valence-corrected chi connectivity index (χ3v) is 9.61. The van der Waals surface area contributed by atoms with E-state index in [4.69, 9.17) is 42.5 Å². The fourth-order valence-corrected chi connectivity index (χ4v) is 7.04. The van der Waals surface area contributed by atoms with Gasteiger partial charge in [-0.3, -0.25) is 24.0 Å². The van der Waals surface area contributed by atoms with Crippen molar-refractivity contribution in [2.75, 3.05) is 25.4 Å². The number of piperazine rings is 1. The molecule has 2 aromatic heterocycles. The normalized spacial score (nSPS) is 20.4. The zero-order valence-electron chi connectivity index (χ0n) is 32.7. The van der Waals surface area contributed by atoms with Crippen molar-refractivity contribution in [3.8, 4) is 23.1 Å². The number of imidazole rings is 1. The van der Waals surface area contributed by atoms with Crippen molar-refractivity contribution in [1.82, 2.24) is 29.7 Å². The quantitative estimate of drug-likeness (QED) is 0.124. The van der Waals surface area contributed by atoms with E-state index in [1.54, 1.807) is 6.92 Å². The molecule has 320 valence electrons. The van der Waals surface area contributed by atoms with E-state index in [1.807, 2.05) is 0 Å². The number of rotatable bonds is 15. The molecule has 0 aliphatic carbocycles. The van der Waals surface area contributed by atoms with E-state index < -0.39 is 59.0 Å². The Hall–Kier alpha value is -6.75. The average Bonchev–Trinajstić information content (AvgIpc) is 3.58. The molecule has 4 aromatic rings. The Kier molecular flexibility index (Phi) is 13.2. The van der Waals surface area contributed by atoms with Crippen LogP contribution < -0.4 is 28.9 Å². The Morgan fingerprint density at radius 3 is 2.23 bits per heavy atom. The van der Waals surface area contributed by atoms with Gasteiger partial charge in [-0.05, 0) is 36.2 Å². The molecule has 6 rings (SSSR count). The molecule has 0 spiro atoms. The number of carbonyl (C=O) groups is 5. The minimum absolute atomic E-state index is 0.0346. The van der Waals surface area contributed by atoms with E-state index in [1.165, 1.54) is 64.3 Å². The van der Waals surface area contributed by atoms with Crippen LogP contribution in [0.2, 0.25) is 0 Å². The number of aromatic nitrogens is 4. The van der Waals surface area contributed by atoms with E-state index in [-0.39, 0.29) is 78.2 Å². The average molecular weight is 856 g/mol. The summed E-state index contributed by atoms with van der Waals surface area (Å²) in [5.41, 5.74) is 6.98. The second-order valence-corrected chi connectivity index (χ2v) is 14.5. The first-order chi connectivity index (χ1) is 28.6. The highest BCUT2D eigenvalue weighted by Gasteiger charge is 2.52. The van der Waals surface area contributed by atoms with Gasteiger partial charge < -0.3 is 57.3 Å². The molecule has 60 heavy (non-hydrogen) atoms. The van der Waals surface area contributed by atoms with E-state index in [0.717, 1.165) is 20.8 Å². The Balaban J connectivity index is 1.11. The zero-order chi connectivity index (χ0) is 43.1. The molecular weight excluding hydrogens is 815 g/mol. The molecule has 2 fully saturated rings. The first-order valence-corrected chi connectivity index (χ1v) is 19.7. The molecule has 22 nitrogen and oxygen atoms in total. The number of amides is 2. The van der Waals surface area contributed by atoms with Gasteiger partial charge in [0.25, 0.3) is 0 Å². The number of esters is 3. The van der Waals surface area contributed by atoms with Gasteiger partial charge in [0.2, 0.25) is 36.0 Å². The highest BCUT2D eigenvalue weighted by atomic mass is 32.3. The summed E-state index contributed by atoms with van der Waals surface area (Å²) < 4.78 is 72.5. The van der Waals surface area contributed by atoms with Crippen molar-refractivity contribution in [3.63, 3.8) is 0 Å². The van der Waals surface area contributed by atoms with Crippen LogP contribution in [0.15, 0.2) is 54.9 Å². The molecule has 23 heteroatoms. The van der Waals surface area contributed by atoms with E-state index in [0.29, 0.717) is 18.7 Å². The van der Waals surface area contributed by atoms with Crippen molar-refractivity contribution in [3.05, 3.63) is 60.4 Å². The third kappa shape index (κ3) is 10.6. The summed E-state index contributed by atoms with van der Waals surface area (Å²) in [5.74, 6) is -3.58. The van der Waals surface area contributed by atoms with Crippen LogP contribution in [0.3, 0.4) is 0 Å². The number of nitrogens with two attached hydrogens (primary N) is 1. The SMILES string of the molecule is CC[C@H]1OC(Oc2ccccc2OS(=O)(=O)Oc2ccc(COc3nc(N)nc4c3ncn4CC(=O)N3CCNC(=O)C3)cc2)[C@H](OC(C)=O)[C@@H](OC(C)=O)[C@H]1OC(C)=O. The monoisotopic (exact) mass is 855 g/mol. The van der Waals surface area contributed by atoms with Crippen LogP contribution in [-0.2, 0) is 66.5 Å². The number of ether oxygens (including phenoxy) is 6. The van der Waals surface area contributed by atoms with Crippen LogP contribution in [0.25, 0.3) is 11.2 Å². The molecule has 3 N–H and O–H groups in total. The Morgan fingerprint density at radius 1 is 0.900 bits per heavy atom. The van der Waals surface area contributed by atoms with Crippen molar-refractivity contribution in [1.29, 1.82) is 0 Å². The van der Waals surface area contributed by atoms with Gasteiger partial charge in [-0.15, -0.1) is 8.42 Å². The van der Waals surface area contributed by atoms with Gasteiger partial charge in [0.15, 0.2) is 34.9 Å². The number of nitrogen functional groups attached to an aromatic ring is 1. The van der Waals surface area contributed by atoms with Gasteiger partial charge in [0, 0.05) is 33.9 Å². The number of fused-ring (bicyclic) bond motifs is 1. The zero-order valence-corrected chi connectivity index (χ0v) is 33.5. The minimum atomic E-state index is -4.81. The highest BCUT2D eigenvalue weighted by molar-refractivity contribution is 7.82.